The maximum atomic E-state index is 2.54. The molecule has 0 saturated carbocycles. The summed E-state index contributed by atoms with van der Waals surface area (Å²) in [4.78, 5) is 0. The third-order valence-electron chi connectivity index (χ3n) is 10.1. The average molecular weight is 559 g/mol. The zero-order valence-electron chi connectivity index (χ0n) is 24.3. The summed E-state index contributed by atoms with van der Waals surface area (Å²) in [5, 5.41) is 0. The molecule has 0 N–H and O–H groups in total. The van der Waals surface area contributed by atoms with Crippen molar-refractivity contribution in [3.8, 4) is 22.3 Å². The van der Waals surface area contributed by atoms with Crippen molar-refractivity contribution >= 4 is 0 Å². The summed E-state index contributed by atoms with van der Waals surface area (Å²) in [7, 11) is 0. The van der Waals surface area contributed by atoms with Crippen molar-refractivity contribution in [2.24, 2.45) is 0 Å². The van der Waals surface area contributed by atoms with Crippen LogP contribution in [-0.4, -0.2) is 0 Å². The van der Waals surface area contributed by atoms with Gasteiger partial charge in [-0.2, -0.15) is 0 Å². The van der Waals surface area contributed by atoms with Gasteiger partial charge < -0.3 is 0 Å². The molecule has 0 unspecified atom stereocenters. The lowest BCUT2D eigenvalue weighted by molar-refractivity contribution is 0.734. The highest BCUT2D eigenvalue weighted by molar-refractivity contribution is 5.95. The van der Waals surface area contributed by atoms with Gasteiger partial charge in [0.1, 0.15) is 0 Å². The Morgan fingerprint density at radius 2 is 0.614 bits per heavy atom. The first-order chi connectivity index (χ1) is 21.8. The smallest absolute Gasteiger partial charge is 0.0622 e. The molecule has 9 rings (SSSR count). The highest BCUT2D eigenvalue weighted by Gasteiger charge is 2.52. The predicted molar refractivity (Wildman–Crippen MR) is 181 cm³/mol. The maximum absolute atomic E-state index is 2.54. The molecule has 0 aliphatic heterocycles. The standard InChI is InChI=1S/C44H30/c1-4-16-31(17-5-1)43(32-18-6-2-7-19-32,33-20-8-3-9-21-33)34-28-29-38-37-24-12-15-27-41(37)44(42(38)30-34)39-25-13-10-22-35(39)36-23-11-14-26-40(36)44/h1-30H. The molecule has 206 valence electrons. The number of rotatable bonds is 4. The fourth-order valence-corrected chi connectivity index (χ4v) is 8.39. The van der Waals surface area contributed by atoms with E-state index in [1.807, 2.05) is 0 Å². The first kappa shape index (κ1) is 25.1. The van der Waals surface area contributed by atoms with Crippen LogP contribution in [0.15, 0.2) is 182 Å². The Morgan fingerprint density at radius 1 is 0.273 bits per heavy atom. The average Bonchev–Trinajstić information content (AvgIpc) is 3.57. The highest BCUT2D eigenvalue weighted by atomic mass is 14.5. The van der Waals surface area contributed by atoms with Gasteiger partial charge in [0.2, 0.25) is 0 Å². The van der Waals surface area contributed by atoms with Gasteiger partial charge in [0.05, 0.1) is 10.8 Å². The Hall–Kier alpha value is -5.46. The Labute approximate surface area is 258 Å². The van der Waals surface area contributed by atoms with Gasteiger partial charge in [-0.3, -0.25) is 0 Å². The van der Waals surface area contributed by atoms with Crippen LogP contribution in [0.2, 0.25) is 0 Å². The molecule has 0 saturated heterocycles. The normalized spacial score (nSPS) is 13.6. The van der Waals surface area contributed by atoms with E-state index in [0.29, 0.717) is 0 Å². The second-order valence-electron chi connectivity index (χ2n) is 12.0. The lowest BCUT2D eigenvalue weighted by Gasteiger charge is -2.38. The van der Waals surface area contributed by atoms with E-state index in [0.717, 1.165) is 0 Å². The van der Waals surface area contributed by atoms with Crippen LogP contribution in [0.3, 0.4) is 0 Å². The van der Waals surface area contributed by atoms with E-state index in [-0.39, 0.29) is 5.41 Å². The Bertz CT molecular complexity index is 2000. The van der Waals surface area contributed by atoms with Crippen molar-refractivity contribution in [3.63, 3.8) is 0 Å². The van der Waals surface area contributed by atoms with Crippen LogP contribution in [-0.2, 0) is 10.8 Å². The lowest BCUT2D eigenvalue weighted by atomic mass is 9.63. The lowest BCUT2D eigenvalue weighted by Crippen LogP contribution is -2.32. The third-order valence-corrected chi connectivity index (χ3v) is 10.1. The van der Waals surface area contributed by atoms with Crippen molar-refractivity contribution in [3.05, 3.63) is 226 Å². The molecule has 7 aromatic rings. The molecule has 0 radical (unpaired) electrons. The van der Waals surface area contributed by atoms with Crippen LogP contribution >= 0.6 is 0 Å². The van der Waals surface area contributed by atoms with Crippen LogP contribution in [0.1, 0.15) is 44.5 Å². The number of benzene rings is 7. The molecule has 0 amide bonds. The minimum absolute atomic E-state index is 0.384. The molecule has 0 nitrogen and oxygen atoms in total. The Morgan fingerprint density at radius 3 is 1.02 bits per heavy atom. The maximum Gasteiger partial charge on any atom is 0.0725 e. The molecular formula is C44H30. The number of hydrogen-bond acceptors (Lipinski definition) is 0. The third kappa shape index (κ3) is 3.18. The SMILES string of the molecule is c1ccc(C(c2ccccc2)(c2ccccc2)c2ccc3c(c2)C2(c4ccccc4-c4ccccc42)c2ccccc2-3)cc1. The second kappa shape index (κ2) is 9.53. The van der Waals surface area contributed by atoms with Crippen LogP contribution < -0.4 is 0 Å². The molecule has 0 fully saturated rings. The quantitative estimate of drug-likeness (QED) is 0.189. The fraction of sp³-hybridized carbons (Fsp3) is 0.0455. The minimum Gasteiger partial charge on any atom is -0.0622 e. The Balaban J connectivity index is 1.44. The van der Waals surface area contributed by atoms with Crippen LogP contribution in [0.25, 0.3) is 22.3 Å². The van der Waals surface area contributed by atoms with E-state index in [9.17, 15) is 0 Å². The largest absolute Gasteiger partial charge is 0.0725 e. The summed E-state index contributed by atoms with van der Waals surface area (Å²) in [6, 6.07) is 67.6. The summed E-state index contributed by atoms with van der Waals surface area (Å²) in [5.74, 6) is 0. The van der Waals surface area contributed by atoms with Gasteiger partial charge in [0.25, 0.3) is 0 Å². The van der Waals surface area contributed by atoms with Gasteiger partial charge in [-0.15, -0.1) is 0 Å². The summed E-state index contributed by atoms with van der Waals surface area (Å²) >= 11 is 0. The van der Waals surface area contributed by atoms with Crippen molar-refractivity contribution in [2.75, 3.05) is 0 Å². The molecule has 44 heavy (non-hydrogen) atoms. The van der Waals surface area contributed by atoms with Gasteiger partial charge >= 0.3 is 0 Å². The molecule has 0 bridgehead atoms. The topological polar surface area (TPSA) is 0 Å². The Kier molecular flexibility index (Phi) is 5.43. The van der Waals surface area contributed by atoms with E-state index in [1.165, 1.54) is 66.8 Å². The monoisotopic (exact) mass is 558 g/mol. The zero-order chi connectivity index (χ0) is 29.1. The molecule has 7 aromatic carbocycles. The fourth-order valence-electron chi connectivity index (χ4n) is 8.39. The second-order valence-corrected chi connectivity index (χ2v) is 12.0. The van der Waals surface area contributed by atoms with E-state index in [4.69, 9.17) is 0 Å². The van der Waals surface area contributed by atoms with E-state index in [2.05, 4.69) is 182 Å². The van der Waals surface area contributed by atoms with Crippen LogP contribution in [0.5, 0.6) is 0 Å². The molecule has 0 aromatic heterocycles. The molecular weight excluding hydrogens is 528 g/mol. The minimum atomic E-state index is -0.508. The van der Waals surface area contributed by atoms with E-state index < -0.39 is 5.41 Å². The molecule has 2 aliphatic carbocycles. The van der Waals surface area contributed by atoms with Gasteiger partial charge in [-0.25, -0.2) is 0 Å². The first-order valence-electron chi connectivity index (χ1n) is 15.5. The van der Waals surface area contributed by atoms with Crippen molar-refractivity contribution < 1.29 is 0 Å². The summed E-state index contributed by atoms with van der Waals surface area (Å²) < 4.78 is 0. The summed E-state index contributed by atoms with van der Waals surface area (Å²) in [5.41, 5.74) is 14.9. The van der Waals surface area contributed by atoms with Crippen molar-refractivity contribution in [1.82, 2.24) is 0 Å². The number of hydrogen-bond donors (Lipinski definition) is 0. The zero-order valence-corrected chi connectivity index (χ0v) is 24.3. The molecule has 1 spiro atoms. The van der Waals surface area contributed by atoms with Crippen LogP contribution in [0.4, 0.5) is 0 Å². The van der Waals surface area contributed by atoms with Gasteiger partial charge in [-0.05, 0) is 66.8 Å². The van der Waals surface area contributed by atoms with E-state index in [1.54, 1.807) is 0 Å². The van der Waals surface area contributed by atoms with Crippen LogP contribution in [0, 0.1) is 0 Å². The molecule has 0 heterocycles. The number of fused-ring (bicyclic) bond motifs is 10. The van der Waals surface area contributed by atoms with Crippen molar-refractivity contribution in [2.45, 2.75) is 10.8 Å². The molecule has 2 aliphatic rings. The van der Waals surface area contributed by atoms with Gasteiger partial charge in [0.15, 0.2) is 0 Å². The molecule has 0 heteroatoms. The van der Waals surface area contributed by atoms with Gasteiger partial charge in [0, 0.05) is 0 Å². The predicted octanol–water partition coefficient (Wildman–Crippen LogP) is 10.4. The summed E-state index contributed by atoms with van der Waals surface area (Å²) in [6.45, 7) is 0. The van der Waals surface area contributed by atoms with Crippen molar-refractivity contribution in [1.29, 1.82) is 0 Å². The van der Waals surface area contributed by atoms with E-state index >= 15 is 0 Å². The summed E-state index contributed by atoms with van der Waals surface area (Å²) in [6.07, 6.45) is 0. The highest BCUT2D eigenvalue weighted by Crippen LogP contribution is 2.63. The van der Waals surface area contributed by atoms with Gasteiger partial charge in [-0.1, -0.05) is 182 Å². The molecule has 0 atom stereocenters. The first-order valence-corrected chi connectivity index (χ1v) is 15.5.